The minimum Gasteiger partial charge on any atom is -0.341 e. The molecule has 2 heterocycles. The first-order chi connectivity index (χ1) is 10.6. The molecule has 1 aliphatic rings. The van der Waals surface area contributed by atoms with Crippen molar-refractivity contribution in [2.45, 2.75) is 31.1 Å². The summed E-state index contributed by atoms with van der Waals surface area (Å²) in [6.07, 6.45) is 1.65. The summed E-state index contributed by atoms with van der Waals surface area (Å²) in [4.78, 5) is 18.2. The van der Waals surface area contributed by atoms with Gasteiger partial charge >= 0.3 is 0 Å². The van der Waals surface area contributed by atoms with Crippen LogP contribution in [0.4, 0.5) is 0 Å². The highest BCUT2D eigenvalue weighted by Gasteiger charge is 2.28. The van der Waals surface area contributed by atoms with Gasteiger partial charge in [-0.25, -0.2) is 0 Å². The number of carbonyl (C=O) groups excluding carboxylic acids is 1. The average Bonchev–Trinajstić information content (AvgIpc) is 3.05. The van der Waals surface area contributed by atoms with Crippen LogP contribution in [0.3, 0.4) is 0 Å². The van der Waals surface area contributed by atoms with Gasteiger partial charge < -0.3 is 9.42 Å². The van der Waals surface area contributed by atoms with Gasteiger partial charge in [0.25, 0.3) is 0 Å². The summed E-state index contributed by atoms with van der Waals surface area (Å²) in [6, 6.07) is 9.76. The highest BCUT2D eigenvalue weighted by Crippen LogP contribution is 2.28. The number of piperidine rings is 1. The Bertz CT molecular complexity index is 634. The molecule has 1 fully saturated rings. The lowest BCUT2D eigenvalue weighted by Gasteiger charge is -2.31. The minimum absolute atomic E-state index is 0.00406. The van der Waals surface area contributed by atoms with E-state index in [1.54, 1.807) is 6.92 Å². The van der Waals surface area contributed by atoms with Crippen LogP contribution in [0.1, 0.15) is 31.6 Å². The molecule has 6 heteroatoms. The van der Waals surface area contributed by atoms with Crippen LogP contribution in [-0.2, 0) is 4.79 Å². The van der Waals surface area contributed by atoms with Gasteiger partial charge in [-0.15, -0.1) is 11.6 Å². The number of rotatable bonds is 3. The van der Waals surface area contributed by atoms with E-state index in [1.807, 2.05) is 35.2 Å². The summed E-state index contributed by atoms with van der Waals surface area (Å²) < 4.78 is 5.41. The number of halogens is 1. The zero-order chi connectivity index (χ0) is 15.5. The highest BCUT2D eigenvalue weighted by molar-refractivity contribution is 6.30. The molecule has 5 nitrogen and oxygen atoms in total. The summed E-state index contributed by atoms with van der Waals surface area (Å²) in [5.41, 5.74) is 0.945. The third kappa shape index (κ3) is 3.14. The van der Waals surface area contributed by atoms with E-state index in [4.69, 9.17) is 16.1 Å². The Kier molecular flexibility index (Phi) is 4.43. The smallest absolute Gasteiger partial charge is 0.240 e. The number of carbonyl (C=O) groups is 1. The van der Waals surface area contributed by atoms with Crippen LogP contribution < -0.4 is 0 Å². The maximum atomic E-state index is 11.9. The first-order valence-electron chi connectivity index (χ1n) is 7.47. The minimum atomic E-state index is -0.468. The lowest BCUT2D eigenvalue weighted by Crippen LogP contribution is -2.41. The Labute approximate surface area is 134 Å². The van der Waals surface area contributed by atoms with E-state index < -0.39 is 5.38 Å². The number of likely N-dealkylation sites (tertiary alicyclic amines) is 1. The summed E-state index contributed by atoms with van der Waals surface area (Å²) in [6.45, 7) is 3.08. The summed E-state index contributed by atoms with van der Waals surface area (Å²) in [5.74, 6) is 1.48. The maximum absolute atomic E-state index is 11.9. The van der Waals surface area contributed by atoms with E-state index in [1.165, 1.54) is 0 Å². The molecule has 22 heavy (non-hydrogen) atoms. The molecule has 3 rings (SSSR count). The van der Waals surface area contributed by atoms with E-state index in [0.717, 1.165) is 18.4 Å². The molecular weight excluding hydrogens is 302 g/mol. The topological polar surface area (TPSA) is 59.2 Å². The molecule has 116 valence electrons. The third-order valence-corrected chi connectivity index (χ3v) is 4.16. The van der Waals surface area contributed by atoms with Gasteiger partial charge in [0.2, 0.25) is 17.6 Å². The second-order valence-corrected chi connectivity index (χ2v) is 6.19. The van der Waals surface area contributed by atoms with Gasteiger partial charge in [-0.1, -0.05) is 35.5 Å². The van der Waals surface area contributed by atoms with Crippen LogP contribution >= 0.6 is 11.6 Å². The van der Waals surface area contributed by atoms with Crippen molar-refractivity contribution in [3.63, 3.8) is 0 Å². The first kappa shape index (κ1) is 15.0. The molecule has 1 amide bonds. The number of benzene rings is 1. The fraction of sp³-hybridized carbons (Fsp3) is 0.438. The van der Waals surface area contributed by atoms with Gasteiger partial charge in [-0.2, -0.15) is 4.98 Å². The quantitative estimate of drug-likeness (QED) is 0.816. The van der Waals surface area contributed by atoms with Gasteiger partial charge in [-0.3, -0.25) is 4.79 Å². The van der Waals surface area contributed by atoms with Crippen LogP contribution in [0.5, 0.6) is 0 Å². The monoisotopic (exact) mass is 319 g/mol. The average molecular weight is 320 g/mol. The first-order valence-corrected chi connectivity index (χ1v) is 7.90. The lowest BCUT2D eigenvalue weighted by molar-refractivity contribution is -0.131. The molecule has 2 aromatic rings. The largest absolute Gasteiger partial charge is 0.341 e. The van der Waals surface area contributed by atoms with Crippen LogP contribution in [0.25, 0.3) is 11.4 Å². The molecule has 0 spiro atoms. The molecule has 1 saturated heterocycles. The summed E-state index contributed by atoms with van der Waals surface area (Å²) in [5, 5.41) is 3.59. The Hall–Kier alpha value is -1.88. The van der Waals surface area contributed by atoms with Crippen molar-refractivity contribution in [3.05, 3.63) is 36.2 Å². The zero-order valence-electron chi connectivity index (χ0n) is 12.4. The lowest BCUT2D eigenvalue weighted by atomic mass is 9.96. The molecule has 0 saturated carbocycles. The molecule has 0 radical (unpaired) electrons. The molecule has 1 unspecified atom stereocenters. The van der Waals surface area contributed by atoms with Crippen molar-refractivity contribution in [1.29, 1.82) is 0 Å². The number of alkyl halides is 1. The van der Waals surface area contributed by atoms with Crippen LogP contribution in [-0.4, -0.2) is 39.4 Å². The van der Waals surface area contributed by atoms with Crippen molar-refractivity contribution >= 4 is 17.5 Å². The van der Waals surface area contributed by atoms with Gasteiger partial charge in [0.15, 0.2) is 0 Å². The van der Waals surface area contributed by atoms with Crippen molar-refractivity contribution < 1.29 is 9.32 Å². The Balaban J connectivity index is 1.65. The van der Waals surface area contributed by atoms with Gasteiger partial charge in [0.1, 0.15) is 5.38 Å². The molecule has 0 N–H and O–H groups in total. The molecular formula is C16H18ClN3O2. The van der Waals surface area contributed by atoms with E-state index in [2.05, 4.69) is 10.1 Å². The predicted molar refractivity (Wildman–Crippen MR) is 83.6 cm³/mol. The van der Waals surface area contributed by atoms with Crippen LogP contribution in [0.15, 0.2) is 34.9 Å². The summed E-state index contributed by atoms with van der Waals surface area (Å²) >= 11 is 5.85. The molecule has 1 aromatic carbocycles. The normalized spacial score (nSPS) is 17.5. The SMILES string of the molecule is CC(Cl)C(=O)N1CCC(c2nc(-c3ccccc3)no2)CC1. The summed E-state index contributed by atoms with van der Waals surface area (Å²) in [7, 11) is 0. The number of hydrogen-bond donors (Lipinski definition) is 0. The number of amides is 1. The van der Waals surface area contributed by atoms with Crippen molar-refractivity contribution in [2.24, 2.45) is 0 Å². The van der Waals surface area contributed by atoms with E-state index in [9.17, 15) is 4.79 Å². The molecule has 0 aliphatic carbocycles. The van der Waals surface area contributed by atoms with Crippen LogP contribution in [0, 0.1) is 0 Å². The van der Waals surface area contributed by atoms with Crippen molar-refractivity contribution in [1.82, 2.24) is 15.0 Å². The third-order valence-electron chi connectivity index (χ3n) is 3.97. The Morgan fingerprint density at radius 2 is 2.00 bits per heavy atom. The fourth-order valence-corrected chi connectivity index (χ4v) is 2.84. The second-order valence-electron chi connectivity index (χ2n) is 5.54. The maximum Gasteiger partial charge on any atom is 0.240 e. The number of aromatic nitrogens is 2. The van der Waals surface area contributed by atoms with E-state index in [0.29, 0.717) is 24.8 Å². The van der Waals surface area contributed by atoms with Crippen molar-refractivity contribution in [3.8, 4) is 11.4 Å². The molecule has 1 aliphatic heterocycles. The zero-order valence-corrected chi connectivity index (χ0v) is 13.2. The molecule has 1 atom stereocenters. The Morgan fingerprint density at radius 1 is 1.32 bits per heavy atom. The predicted octanol–water partition coefficient (Wildman–Crippen LogP) is 3.07. The van der Waals surface area contributed by atoms with Gasteiger partial charge in [0.05, 0.1) is 0 Å². The fourth-order valence-electron chi connectivity index (χ4n) is 2.70. The second kappa shape index (κ2) is 6.48. The van der Waals surface area contributed by atoms with Crippen molar-refractivity contribution in [2.75, 3.05) is 13.1 Å². The van der Waals surface area contributed by atoms with Crippen LogP contribution in [0.2, 0.25) is 0 Å². The number of hydrogen-bond acceptors (Lipinski definition) is 4. The van der Waals surface area contributed by atoms with Gasteiger partial charge in [0, 0.05) is 24.6 Å². The van der Waals surface area contributed by atoms with E-state index in [-0.39, 0.29) is 11.8 Å². The molecule has 0 bridgehead atoms. The van der Waals surface area contributed by atoms with Gasteiger partial charge in [-0.05, 0) is 19.8 Å². The Morgan fingerprint density at radius 3 is 2.64 bits per heavy atom. The standard InChI is InChI=1S/C16H18ClN3O2/c1-11(17)16(21)20-9-7-13(8-10-20)15-18-14(19-22-15)12-5-3-2-4-6-12/h2-6,11,13H,7-10H2,1H3. The number of nitrogens with zero attached hydrogens (tertiary/aromatic N) is 3. The molecule has 1 aromatic heterocycles. The van der Waals surface area contributed by atoms with E-state index >= 15 is 0 Å². The highest BCUT2D eigenvalue weighted by atomic mass is 35.5.